The van der Waals surface area contributed by atoms with Crippen molar-refractivity contribution in [2.75, 3.05) is 0 Å². The van der Waals surface area contributed by atoms with Gasteiger partial charge in [0.05, 0.1) is 11.0 Å². The second-order valence-corrected chi connectivity index (χ2v) is 6.34. The fourth-order valence-corrected chi connectivity index (χ4v) is 3.35. The van der Waals surface area contributed by atoms with Gasteiger partial charge in [0.25, 0.3) is 0 Å². The van der Waals surface area contributed by atoms with Crippen molar-refractivity contribution in [1.29, 1.82) is 0 Å². The van der Waals surface area contributed by atoms with E-state index in [1.54, 1.807) is 4.57 Å². The van der Waals surface area contributed by atoms with E-state index in [9.17, 15) is 4.79 Å². The number of benzene rings is 2. The molecule has 0 N–H and O–H groups in total. The summed E-state index contributed by atoms with van der Waals surface area (Å²) in [5.74, 6) is 1.15. The van der Waals surface area contributed by atoms with Crippen LogP contribution in [-0.4, -0.2) is 15.5 Å². The second kappa shape index (κ2) is 4.96. The van der Waals surface area contributed by atoms with Crippen LogP contribution in [0, 0.1) is 6.92 Å². The number of fused-ring (bicyclic) bond motifs is 3. The first-order valence-electron chi connectivity index (χ1n) is 7.38. The summed E-state index contributed by atoms with van der Waals surface area (Å²) in [6.45, 7) is 2.04. The van der Waals surface area contributed by atoms with E-state index in [0.717, 1.165) is 34.4 Å². The molecule has 1 aliphatic rings. The molecule has 3 aromatic rings. The molecule has 0 bridgehead atoms. The fourth-order valence-electron chi connectivity index (χ4n) is 3.22. The number of aromatic nitrogens is 2. The van der Waals surface area contributed by atoms with Crippen molar-refractivity contribution in [2.24, 2.45) is 0 Å². The van der Waals surface area contributed by atoms with Crippen LogP contribution in [0.2, 0.25) is 5.02 Å². The minimum atomic E-state index is 0.118. The lowest BCUT2D eigenvalue weighted by Gasteiger charge is -2.22. The molecule has 0 saturated heterocycles. The Morgan fingerprint density at radius 3 is 2.68 bits per heavy atom. The van der Waals surface area contributed by atoms with E-state index < -0.39 is 0 Å². The van der Waals surface area contributed by atoms with Crippen LogP contribution in [-0.2, 0) is 6.42 Å². The maximum atomic E-state index is 12.6. The zero-order valence-corrected chi connectivity index (χ0v) is 13.0. The average Bonchev–Trinajstić information content (AvgIpc) is 2.85. The number of hydrogen-bond acceptors (Lipinski definition) is 2. The highest BCUT2D eigenvalue weighted by Crippen LogP contribution is 2.32. The van der Waals surface area contributed by atoms with Crippen LogP contribution < -0.4 is 0 Å². The molecule has 4 heteroatoms. The third-order valence-corrected chi connectivity index (χ3v) is 4.57. The van der Waals surface area contributed by atoms with Gasteiger partial charge in [-0.2, -0.15) is 0 Å². The number of nitrogens with zero attached hydrogens (tertiary/aromatic N) is 2. The third-order valence-electron chi connectivity index (χ3n) is 4.32. The minimum absolute atomic E-state index is 0.118. The summed E-state index contributed by atoms with van der Waals surface area (Å²) in [5, 5.41) is 0.716. The molecule has 0 fully saturated rings. The van der Waals surface area contributed by atoms with Crippen LogP contribution in [0.1, 0.15) is 34.1 Å². The molecule has 1 unspecified atom stereocenters. The Kier molecular flexibility index (Phi) is 3.05. The lowest BCUT2D eigenvalue weighted by molar-refractivity contribution is 0.0877. The summed E-state index contributed by atoms with van der Waals surface area (Å²) in [5.41, 5.74) is 4.12. The topological polar surface area (TPSA) is 34.9 Å². The molecule has 1 atom stereocenters. The van der Waals surface area contributed by atoms with Gasteiger partial charge in [0.2, 0.25) is 5.91 Å². The van der Waals surface area contributed by atoms with Gasteiger partial charge >= 0.3 is 0 Å². The van der Waals surface area contributed by atoms with Crippen LogP contribution in [0.4, 0.5) is 0 Å². The number of carbonyl (C=O) groups excluding carboxylic acids is 1. The smallest absolute Gasteiger partial charge is 0.233 e. The molecule has 0 amide bonds. The van der Waals surface area contributed by atoms with Crippen molar-refractivity contribution >= 4 is 28.5 Å². The van der Waals surface area contributed by atoms with Gasteiger partial charge in [-0.05, 0) is 48.2 Å². The number of carbonyl (C=O) groups is 1. The molecule has 0 spiro atoms. The Labute approximate surface area is 133 Å². The Morgan fingerprint density at radius 1 is 1.14 bits per heavy atom. The van der Waals surface area contributed by atoms with Crippen molar-refractivity contribution < 1.29 is 4.79 Å². The van der Waals surface area contributed by atoms with Gasteiger partial charge < -0.3 is 0 Å². The van der Waals surface area contributed by atoms with Gasteiger partial charge in [0.1, 0.15) is 5.82 Å². The van der Waals surface area contributed by atoms with Crippen molar-refractivity contribution in [2.45, 2.75) is 25.7 Å². The summed E-state index contributed by atoms with van der Waals surface area (Å²) < 4.78 is 1.78. The first-order valence-corrected chi connectivity index (χ1v) is 7.76. The lowest BCUT2D eigenvalue weighted by atomic mass is 9.89. The van der Waals surface area contributed by atoms with E-state index in [2.05, 4.69) is 4.98 Å². The average molecular weight is 311 g/mol. The molecule has 1 aromatic heterocycles. The minimum Gasteiger partial charge on any atom is -0.274 e. The highest BCUT2D eigenvalue weighted by Gasteiger charge is 2.28. The summed E-state index contributed by atoms with van der Waals surface area (Å²) in [4.78, 5) is 17.3. The highest BCUT2D eigenvalue weighted by atomic mass is 35.5. The van der Waals surface area contributed by atoms with Crippen molar-refractivity contribution in [3.05, 3.63) is 64.4 Å². The van der Waals surface area contributed by atoms with E-state index in [4.69, 9.17) is 11.6 Å². The van der Waals surface area contributed by atoms with Crippen molar-refractivity contribution in [1.82, 2.24) is 9.55 Å². The zero-order valence-electron chi connectivity index (χ0n) is 12.2. The zero-order chi connectivity index (χ0) is 15.3. The van der Waals surface area contributed by atoms with Crippen LogP contribution in [0.3, 0.4) is 0 Å². The summed E-state index contributed by atoms with van der Waals surface area (Å²) >= 11 is 5.95. The second-order valence-electron chi connectivity index (χ2n) is 5.91. The Bertz CT molecular complexity index is 880. The number of imidazole rings is 1. The summed E-state index contributed by atoms with van der Waals surface area (Å²) in [6, 6.07) is 13.8. The Hall–Kier alpha value is -2.13. The van der Waals surface area contributed by atoms with Crippen LogP contribution in [0.5, 0.6) is 0 Å². The quantitative estimate of drug-likeness (QED) is 0.669. The van der Waals surface area contributed by atoms with Crippen molar-refractivity contribution in [3.63, 3.8) is 0 Å². The van der Waals surface area contributed by atoms with Crippen LogP contribution in [0.15, 0.2) is 42.5 Å². The van der Waals surface area contributed by atoms with Gasteiger partial charge in [-0.3, -0.25) is 9.36 Å². The van der Waals surface area contributed by atoms with E-state index in [0.29, 0.717) is 11.4 Å². The lowest BCUT2D eigenvalue weighted by Crippen LogP contribution is -2.25. The van der Waals surface area contributed by atoms with E-state index in [-0.39, 0.29) is 11.8 Å². The van der Waals surface area contributed by atoms with Gasteiger partial charge in [0, 0.05) is 17.9 Å². The number of aryl methyl sites for hydroxylation is 1. The van der Waals surface area contributed by atoms with E-state index >= 15 is 0 Å². The monoisotopic (exact) mass is 310 g/mol. The van der Waals surface area contributed by atoms with Gasteiger partial charge in [-0.1, -0.05) is 29.8 Å². The maximum Gasteiger partial charge on any atom is 0.233 e. The molecule has 0 aliphatic carbocycles. The van der Waals surface area contributed by atoms with Gasteiger partial charge in [-0.15, -0.1) is 0 Å². The van der Waals surface area contributed by atoms with Crippen LogP contribution in [0.25, 0.3) is 11.0 Å². The molecule has 0 saturated carbocycles. The predicted molar refractivity (Wildman–Crippen MR) is 87.6 cm³/mol. The predicted octanol–water partition coefficient (Wildman–Crippen LogP) is 4.37. The standard InChI is InChI=1S/C18H15ClN2O/c1-11-2-7-16-15(8-11)20-17-9-13(10-18(22)21(16)17)12-3-5-14(19)6-4-12/h2-8,13H,9-10H2,1H3. The van der Waals surface area contributed by atoms with E-state index in [1.165, 1.54) is 0 Å². The maximum absolute atomic E-state index is 12.6. The Balaban J connectivity index is 1.78. The van der Waals surface area contributed by atoms with Crippen LogP contribution >= 0.6 is 11.6 Å². The first-order chi connectivity index (χ1) is 10.6. The molecule has 2 aromatic carbocycles. The van der Waals surface area contributed by atoms with Crippen molar-refractivity contribution in [3.8, 4) is 0 Å². The molecular formula is C18H15ClN2O. The molecule has 1 aliphatic heterocycles. The first kappa shape index (κ1) is 13.5. The number of rotatable bonds is 1. The van der Waals surface area contributed by atoms with Gasteiger partial charge in [-0.25, -0.2) is 4.98 Å². The Morgan fingerprint density at radius 2 is 1.91 bits per heavy atom. The summed E-state index contributed by atoms with van der Waals surface area (Å²) in [6.07, 6.45) is 1.29. The highest BCUT2D eigenvalue weighted by molar-refractivity contribution is 6.30. The molecule has 110 valence electrons. The number of halogens is 1. The third kappa shape index (κ3) is 2.13. The molecule has 4 rings (SSSR count). The normalized spacial score (nSPS) is 17.7. The van der Waals surface area contributed by atoms with E-state index in [1.807, 2.05) is 49.4 Å². The number of hydrogen-bond donors (Lipinski definition) is 0. The fraction of sp³-hybridized carbons (Fsp3) is 0.222. The molecule has 0 radical (unpaired) electrons. The molecule has 22 heavy (non-hydrogen) atoms. The molecular weight excluding hydrogens is 296 g/mol. The largest absolute Gasteiger partial charge is 0.274 e. The van der Waals surface area contributed by atoms with Gasteiger partial charge in [0.15, 0.2) is 0 Å². The molecule has 2 heterocycles. The molecule has 3 nitrogen and oxygen atoms in total. The summed E-state index contributed by atoms with van der Waals surface area (Å²) in [7, 11) is 0. The SMILES string of the molecule is Cc1ccc2c(c1)nc1n2C(=O)CC(c2ccc(Cl)cc2)C1.